The van der Waals surface area contributed by atoms with Crippen LogP contribution in [0.5, 0.6) is 0 Å². The highest BCUT2D eigenvalue weighted by Gasteiger charge is 1.99. The van der Waals surface area contributed by atoms with Crippen LogP contribution in [-0.4, -0.2) is 4.87 Å². The quantitative estimate of drug-likeness (QED) is 0.419. The molecule has 0 aromatic rings. The predicted molar refractivity (Wildman–Crippen MR) is 32.3 cm³/mol. The molecule has 40 valence electrons. The van der Waals surface area contributed by atoms with E-state index in [1.807, 2.05) is 20.8 Å². The summed E-state index contributed by atoms with van der Waals surface area (Å²) in [6.45, 7) is 5.86. The first-order valence-corrected chi connectivity index (χ1v) is 2.07. The lowest BCUT2D eigenvalue weighted by Gasteiger charge is -2.01. The fraction of sp³-hybridized carbons (Fsp3) is 1.00. The van der Waals surface area contributed by atoms with Crippen molar-refractivity contribution in [2.75, 3.05) is 0 Å². The molecule has 0 saturated carbocycles. The van der Waals surface area contributed by atoms with Crippen LogP contribution in [0.25, 0.3) is 0 Å². The predicted octanol–water partition coefficient (Wildman–Crippen LogP) is 2.66. The van der Waals surface area contributed by atoms with Crippen molar-refractivity contribution < 1.29 is 0 Å². The van der Waals surface area contributed by atoms with Crippen molar-refractivity contribution in [1.82, 2.24) is 0 Å². The molecule has 0 aliphatic heterocycles. The van der Waals surface area contributed by atoms with Gasteiger partial charge in [0.25, 0.3) is 0 Å². The highest BCUT2D eigenvalue weighted by molar-refractivity contribution is 6.23. The minimum Gasteiger partial charge on any atom is -0.120 e. The van der Waals surface area contributed by atoms with Gasteiger partial charge >= 0.3 is 0 Å². The van der Waals surface area contributed by atoms with E-state index in [9.17, 15) is 0 Å². The van der Waals surface area contributed by atoms with Gasteiger partial charge in [0, 0.05) is 4.87 Å². The highest BCUT2D eigenvalue weighted by Crippen LogP contribution is 2.07. The summed E-state index contributed by atoms with van der Waals surface area (Å²) in [7, 11) is 0. The fourth-order valence-corrected chi connectivity index (χ4v) is 0. The molecule has 0 spiro atoms. The Labute approximate surface area is 45.5 Å². The third kappa shape index (κ3) is 552. The molecule has 0 rings (SSSR count). The maximum atomic E-state index is 5.53. The van der Waals surface area contributed by atoms with E-state index in [1.54, 1.807) is 0 Å². The maximum Gasteiger partial charge on any atom is 0.0362 e. The van der Waals surface area contributed by atoms with Gasteiger partial charge in [-0.15, -0.1) is 11.6 Å². The Morgan fingerprint density at radius 3 is 1.17 bits per heavy atom. The SMILES string of the molecule is C.CC(C)(C)Cl. The second-order valence-electron chi connectivity index (χ2n) is 2.07. The van der Waals surface area contributed by atoms with Crippen LogP contribution in [0, 0.1) is 0 Å². The summed E-state index contributed by atoms with van der Waals surface area (Å²) in [5, 5.41) is 0. The topological polar surface area (TPSA) is 0 Å². The molecular weight excluding hydrogens is 95.5 g/mol. The maximum absolute atomic E-state index is 5.53. The van der Waals surface area contributed by atoms with Crippen LogP contribution in [0.1, 0.15) is 28.2 Å². The fourth-order valence-electron chi connectivity index (χ4n) is 0. The molecule has 0 aliphatic rings. The van der Waals surface area contributed by atoms with Gasteiger partial charge in [-0.25, -0.2) is 0 Å². The van der Waals surface area contributed by atoms with Crippen LogP contribution in [0.2, 0.25) is 0 Å². The molecule has 0 saturated heterocycles. The summed E-state index contributed by atoms with van der Waals surface area (Å²) in [4.78, 5) is -0.0278. The zero-order valence-electron chi connectivity index (χ0n) is 3.88. The zero-order chi connectivity index (χ0) is 4.50. The van der Waals surface area contributed by atoms with E-state index < -0.39 is 0 Å². The van der Waals surface area contributed by atoms with Gasteiger partial charge in [0.15, 0.2) is 0 Å². The molecular formula is C5H13Cl. The van der Waals surface area contributed by atoms with Crippen LogP contribution >= 0.6 is 11.6 Å². The molecule has 6 heavy (non-hydrogen) atoms. The second-order valence-corrected chi connectivity index (χ2v) is 3.20. The third-order valence-corrected chi connectivity index (χ3v) is 0. The molecule has 0 unspecified atom stereocenters. The minimum atomic E-state index is -0.0278. The van der Waals surface area contributed by atoms with Crippen molar-refractivity contribution in [2.45, 2.75) is 33.1 Å². The van der Waals surface area contributed by atoms with E-state index in [0.29, 0.717) is 0 Å². The van der Waals surface area contributed by atoms with Gasteiger partial charge in [0.1, 0.15) is 0 Å². The molecule has 1 heteroatoms. The van der Waals surface area contributed by atoms with Crippen molar-refractivity contribution in [3.63, 3.8) is 0 Å². The Morgan fingerprint density at radius 2 is 1.17 bits per heavy atom. The Morgan fingerprint density at radius 1 is 1.17 bits per heavy atom. The first kappa shape index (κ1) is 9.56. The van der Waals surface area contributed by atoms with E-state index in [4.69, 9.17) is 11.6 Å². The molecule has 0 fully saturated rings. The van der Waals surface area contributed by atoms with Gasteiger partial charge < -0.3 is 0 Å². The zero-order valence-corrected chi connectivity index (χ0v) is 4.63. The van der Waals surface area contributed by atoms with Gasteiger partial charge in [-0.1, -0.05) is 7.43 Å². The minimum absolute atomic E-state index is 0. The Hall–Kier alpha value is 0.290. The lowest BCUT2D eigenvalue weighted by atomic mass is 10.3. The second kappa shape index (κ2) is 2.46. The Kier molecular flexibility index (Phi) is 3.92. The Balaban J connectivity index is 0. The first-order valence-electron chi connectivity index (χ1n) is 1.69. The van der Waals surface area contributed by atoms with Gasteiger partial charge in [-0.2, -0.15) is 0 Å². The number of hydrogen-bond donors (Lipinski definition) is 0. The molecule has 0 atom stereocenters. The smallest absolute Gasteiger partial charge is 0.0362 e. The third-order valence-electron chi connectivity index (χ3n) is 0. The molecule has 0 N–H and O–H groups in total. The standard InChI is InChI=1S/C4H9Cl.CH4/c1-4(2,3)5;/h1-3H3;1H4. The molecule has 0 heterocycles. The average molecular weight is 109 g/mol. The molecule has 0 aromatic carbocycles. The first-order chi connectivity index (χ1) is 2.00. The van der Waals surface area contributed by atoms with E-state index in [1.165, 1.54) is 0 Å². The lowest BCUT2D eigenvalue weighted by molar-refractivity contribution is 0.788. The number of hydrogen-bond acceptors (Lipinski definition) is 0. The summed E-state index contributed by atoms with van der Waals surface area (Å²) in [6, 6.07) is 0. The lowest BCUT2D eigenvalue weighted by Crippen LogP contribution is -1.99. The van der Waals surface area contributed by atoms with Crippen molar-refractivity contribution >= 4 is 11.6 Å². The number of halogens is 1. The van der Waals surface area contributed by atoms with Crippen LogP contribution in [0.3, 0.4) is 0 Å². The van der Waals surface area contributed by atoms with E-state index in [-0.39, 0.29) is 12.3 Å². The molecule has 0 amide bonds. The van der Waals surface area contributed by atoms with Crippen LogP contribution in [0.4, 0.5) is 0 Å². The normalized spacial score (nSPS) is 10.0. The van der Waals surface area contributed by atoms with Gasteiger partial charge in [-0.05, 0) is 20.8 Å². The summed E-state index contributed by atoms with van der Waals surface area (Å²) in [5.41, 5.74) is 0. The van der Waals surface area contributed by atoms with Crippen LogP contribution < -0.4 is 0 Å². The van der Waals surface area contributed by atoms with E-state index in [0.717, 1.165) is 0 Å². The van der Waals surface area contributed by atoms with Crippen molar-refractivity contribution in [2.24, 2.45) is 0 Å². The number of alkyl halides is 1. The molecule has 0 aromatic heterocycles. The van der Waals surface area contributed by atoms with Crippen molar-refractivity contribution in [1.29, 1.82) is 0 Å². The van der Waals surface area contributed by atoms with Gasteiger partial charge in [0.2, 0.25) is 0 Å². The van der Waals surface area contributed by atoms with Crippen molar-refractivity contribution in [3.8, 4) is 0 Å². The molecule has 0 bridgehead atoms. The summed E-state index contributed by atoms with van der Waals surface area (Å²) in [6.07, 6.45) is 0. The largest absolute Gasteiger partial charge is 0.120 e. The van der Waals surface area contributed by atoms with Gasteiger partial charge in [0.05, 0.1) is 0 Å². The van der Waals surface area contributed by atoms with Crippen LogP contribution in [-0.2, 0) is 0 Å². The summed E-state index contributed by atoms with van der Waals surface area (Å²) in [5.74, 6) is 0. The number of rotatable bonds is 0. The van der Waals surface area contributed by atoms with Gasteiger partial charge in [-0.3, -0.25) is 0 Å². The Bertz CT molecular complexity index is 19.4. The summed E-state index contributed by atoms with van der Waals surface area (Å²) >= 11 is 5.53. The highest BCUT2D eigenvalue weighted by atomic mass is 35.5. The summed E-state index contributed by atoms with van der Waals surface area (Å²) < 4.78 is 0. The average Bonchev–Trinajstić information content (AvgIpc) is 0.722. The van der Waals surface area contributed by atoms with Crippen molar-refractivity contribution in [3.05, 3.63) is 0 Å². The molecule has 0 nitrogen and oxygen atoms in total. The van der Waals surface area contributed by atoms with E-state index in [2.05, 4.69) is 0 Å². The monoisotopic (exact) mass is 108 g/mol. The molecule has 0 aliphatic carbocycles. The molecule has 0 radical (unpaired) electrons. The van der Waals surface area contributed by atoms with Crippen LogP contribution in [0.15, 0.2) is 0 Å². The van der Waals surface area contributed by atoms with E-state index >= 15 is 0 Å².